The number of ether oxygens (including phenoxy) is 1. The van der Waals surface area contributed by atoms with E-state index in [1.807, 2.05) is 24.4 Å². The van der Waals surface area contributed by atoms with Gasteiger partial charge in [-0.25, -0.2) is 0 Å². The number of aryl methyl sites for hydroxylation is 1. The molecule has 5 nitrogen and oxygen atoms in total. The Kier molecular flexibility index (Phi) is 5.17. The van der Waals surface area contributed by atoms with Crippen LogP contribution in [0, 0.1) is 6.92 Å². The lowest BCUT2D eigenvalue weighted by Gasteiger charge is -2.27. The first-order chi connectivity index (χ1) is 14.7. The van der Waals surface area contributed by atoms with E-state index < -0.39 is 0 Å². The molecule has 2 atom stereocenters. The largest absolute Gasteiger partial charge is 0.490 e. The molecule has 1 aliphatic carbocycles. The maximum absolute atomic E-state index is 6.14. The number of pyridine rings is 1. The highest BCUT2D eigenvalue weighted by molar-refractivity contribution is 7.80. The van der Waals surface area contributed by atoms with Crippen molar-refractivity contribution in [2.45, 2.75) is 50.8 Å². The molecule has 1 aliphatic heterocycles. The summed E-state index contributed by atoms with van der Waals surface area (Å²) >= 11 is 5.77. The van der Waals surface area contributed by atoms with Gasteiger partial charge in [0.1, 0.15) is 11.8 Å². The second kappa shape index (κ2) is 8.11. The predicted molar refractivity (Wildman–Crippen MR) is 123 cm³/mol. The number of anilines is 1. The van der Waals surface area contributed by atoms with Crippen LogP contribution in [-0.2, 0) is 0 Å². The van der Waals surface area contributed by atoms with Gasteiger partial charge < -0.3 is 19.9 Å². The van der Waals surface area contributed by atoms with Crippen molar-refractivity contribution < 1.29 is 4.74 Å². The van der Waals surface area contributed by atoms with E-state index in [0.717, 1.165) is 41.4 Å². The Hall–Kier alpha value is -2.86. The van der Waals surface area contributed by atoms with Crippen molar-refractivity contribution in [3.63, 3.8) is 0 Å². The summed E-state index contributed by atoms with van der Waals surface area (Å²) in [5.74, 6) is 0.928. The Morgan fingerprint density at radius 2 is 1.83 bits per heavy atom. The van der Waals surface area contributed by atoms with Crippen LogP contribution in [0.3, 0.4) is 0 Å². The van der Waals surface area contributed by atoms with E-state index in [-0.39, 0.29) is 12.1 Å². The maximum atomic E-state index is 6.14. The Labute approximate surface area is 182 Å². The molecule has 0 amide bonds. The number of H-pyrrole nitrogens is 1. The lowest BCUT2D eigenvalue weighted by Crippen LogP contribution is -2.29. The topological polar surface area (TPSA) is 53.2 Å². The Morgan fingerprint density at radius 1 is 1.03 bits per heavy atom. The third kappa shape index (κ3) is 3.67. The monoisotopic (exact) mass is 418 g/mol. The van der Waals surface area contributed by atoms with Crippen LogP contribution in [0.25, 0.3) is 0 Å². The summed E-state index contributed by atoms with van der Waals surface area (Å²) < 4.78 is 6.14. The Bertz CT molecular complexity index is 1010. The van der Waals surface area contributed by atoms with Gasteiger partial charge in [-0.3, -0.25) is 4.98 Å². The van der Waals surface area contributed by atoms with Gasteiger partial charge in [0, 0.05) is 23.3 Å². The molecule has 1 saturated heterocycles. The van der Waals surface area contributed by atoms with E-state index in [0.29, 0.717) is 11.2 Å². The lowest BCUT2D eigenvalue weighted by molar-refractivity contribution is 0.210. The van der Waals surface area contributed by atoms with Crippen molar-refractivity contribution in [2.75, 3.05) is 4.90 Å². The number of benzene rings is 1. The molecule has 2 N–H and O–H groups in total. The van der Waals surface area contributed by atoms with E-state index in [1.165, 1.54) is 12.8 Å². The highest BCUT2D eigenvalue weighted by Gasteiger charge is 2.41. The van der Waals surface area contributed by atoms with Crippen LogP contribution in [0.2, 0.25) is 0 Å². The summed E-state index contributed by atoms with van der Waals surface area (Å²) in [4.78, 5) is 10.3. The van der Waals surface area contributed by atoms with Crippen LogP contribution >= 0.6 is 12.2 Å². The van der Waals surface area contributed by atoms with Gasteiger partial charge in [-0.05, 0) is 93.4 Å². The molecule has 1 aromatic carbocycles. The number of hydrogen-bond acceptors (Lipinski definition) is 3. The zero-order valence-electron chi connectivity index (χ0n) is 17.0. The van der Waals surface area contributed by atoms with Crippen LogP contribution in [-0.4, -0.2) is 21.2 Å². The molecular formula is C24H26N4OS. The van der Waals surface area contributed by atoms with Crippen LogP contribution in [0.1, 0.15) is 54.8 Å². The molecular weight excluding hydrogens is 392 g/mol. The summed E-state index contributed by atoms with van der Waals surface area (Å²) in [7, 11) is 0. The average molecular weight is 419 g/mol. The van der Waals surface area contributed by atoms with Gasteiger partial charge in [0.15, 0.2) is 5.11 Å². The number of nitrogens with one attached hydrogen (secondary N) is 2. The maximum Gasteiger partial charge on any atom is 0.174 e. The molecule has 30 heavy (non-hydrogen) atoms. The molecule has 5 rings (SSSR count). The van der Waals surface area contributed by atoms with E-state index >= 15 is 0 Å². The Morgan fingerprint density at radius 3 is 2.50 bits per heavy atom. The normalized spacial score (nSPS) is 21.8. The van der Waals surface area contributed by atoms with Gasteiger partial charge in [0.2, 0.25) is 0 Å². The summed E-state index contributed by atoms with van der Waals surface area (Å²) in [6.07, 6.45) is 7.03. The molecule has 3 heterocycles. The van der Waals surface area contributed by atoms with Gasteiger partial charge in [-0.1, -0.05) is 6.07 Å². The first-order valence-corrected chi connectivity index (χ1v) is 11.0. The number of aromatic amines is 1. The average Bonchev–Trinajstić information content (AvgIpc) is 3.50. The highest BCUT2D eigenvalue weighted by Crippen LogP contribution is 2.41. The Balaban J connectivity index is 1.46. The molecule has 0 bridgehead atoms. The SMILES string of the molecule is Cc1ccc([C@@H]2[C@@H](c3ccccn3)NC(=S)N2c2ccc(OC3CCCC3)cc2)[nH]1. The predicted octanol–water partition coefficient (Wildman–Crippen LogP) is 5.22. The number of aromatic nitrogens is 2. The van der Waals surface area contributed by atoms with Gasteiger partial charge in [-0.15, -0.1) is 0 Å². The van der Waals surface area contributed by atoms with Crippen LogP contribution < -0.4 is 15.0 Å². The smallest absolute Gasteiger partial charge is 0.174 e. The van der Waals surface area contributed by atoms with Crippen molar-refractivity contribution >= 4 is 23.0 Å². The first-order valence-electron chi connectivity index (χ1n) is 10.6. The fourth-order valence-electron chi connectivity index (χ4n) is 4.53. The molecule has 3 aromatic rings. The van der Waals surface area contributed by atoms with E-state index in [9.17, 15) is 0 Å². The van der Waals surface area contributed by atoms with Gasteiger partial charge in [-0.2, -0.15) is 0 Å². The minimum absolute atomic E-state index is 0.0114. The molecule has 1 saturated carbocycles. The summed E-state index contributed by atoms with van der Waals surface area (Å²) in [6, 6.07) is 18.5. The van der Waals surface area contributed by atoms with Crippen molar-refractivity contribution in [3.8, 4) is 5.75 Å². The van der Waals surface area contributed by atoms with E-state index in [1.54, 1.807) is 0 Å². The molecule has 0 unspecified atom stereocenters. The quantitative estimate of drug-likeness (QED) is 0.557. The van der Waals surface area contributed by atoms with Crippen molar-refractivity contribution in [3.05, 3.63) is 77.9 Å². The van der Waals surface area contributed by atoms with Crippen LogP contribution in [0.5, 0.6) is 5.75 Å². The molecule has 6 heteroatoms. The fourth-order valence-corrected chi connectivity index (χ4v) is 4.88. The van der Waals surface area contributed by atoms with Crippen LogP contribution in [0.15, 0.2) is 60.8 Å². The molecule has 2 aromatic heterocycles. The van der Waals surface area contributed by atoms with Crippen molar-refractivity contribution in [1.29, 1.82) is 0 Å². The third-order valence-corrected chi connectivity index (χ3v) is 6.31. The van der Waals surface area contributed by atoms with E-state index in [4.69, 9.17) is 17.0 Å². The highest BCUT2D eigenvalue weighted by atomic mass is 32.1. The molecule has 2 fully saturated rings. The summed E-state index contributed by atoms with van der Waals surface area (Å²) in [5.41, 5.74) is 4.26. The summed E-state index contributed by atoms with van der Waals surface area (Å²) in [5, 5.41) is 4.19. The third-order valence-electron chi connectivity index (χ3n) is 5.99. The van der Waals surface area contributed by atoms with Crippen LogP contribution in [0.4, 0.5) is 5.69 Å². The zero-order chi connectivity index (χ0) is 20.5. The first kappa shape index (κ1) is 19.1. The number of hydrogen-bond donors (Lipinski definition) is 2. The van der Waals surface area contributed by atoms with Gasteiger partial charge >= 0.3 is 0 Å². The second-order valence-corrected chi connectivity index (χ2v) is 8.50. The second-order valence-electron chi connectivity index (χ2n) is 8.11. The minimum Gasteiger partial charge on any atom is -0.490 e. The zero-order valence-corrected chi connectivity index (χ0v) is 17.9. The number of rotatable bonds is 5. The minimum atomic E-state index is -0.0360. The molecule has 2 aliphatic rings. The van der Waals surface area contributed by atoms with E-state index in [2.05, 4.69) is 63.5 Å². The fraction of sp³-hybridized carbons (Fsp3) is 0.333. The van der Waals surface area contributed by atoms with Crippen molar-refractivity contribution in [2.24, 2.45) is 0 Å². The molecule has 0 radical (unpaired) electrons. The molecule has 154 valence electrons. The van der Waals surface area contributed by atoms with Gasteiger partial charge in [0.25, 0.3) is 0 Å². The number of thiocarbonyl (C=S) groups is 1. The molecule has 0 spiro atoms. The number of nitrogens with zero attached hydrogens (tertiary/aromatic N) is 2. The summed E-state index contributed by atoms with van der Waals surface area (Å²) in [6.45, 7) is 2.07. The van der Waals surface area contributed by atoms with Gasteiger partial charge in [0.05, 0.1) is 17.8 Å². The lowest BCUT2D eigenvalue weighted by atomic mass is 10.0. The van der Waals surface area contributed by atoms with Crippen molar-refractivity contribution in [1.82, 2.24) is 15.3 Å². The standard InChI is InChI=1S/C24H26N4OS/c1-16-9-14-21(26-16)23-22(20-8-4-5-15-25-20)27-24(30)28(23)17-10-12-19(13-11-17)29-18-6-2-3-7-18/h4-5,8-15,18,22-23,26H,2-3,6-7H2,1H3,(H,27,30)/t22-,23-/m1/s1.